The van der Waals surface area contributed by atoms with E-state index >= 15 is 0 Å². The second-order valence-corrected chi connectivity index (χ2v) is 27.4. The molecule has 0 radical (unpaired) electrons. The van der Waals surface area contributed by atoms with Crippen LogP contribution in [0.4, 0.5) is 34.1 Å². The SMILES string of the molecule is c1ccc(-c2ccc(N(c3ccc(-c4ccccc4-c4cccc(-c5ccc6c(c5)oc5cc(N(c7ccc(-c8ccccc8)cc7)c7ccc8c9ccccc9c9ccccc9c8c7)c(-c7ccccc7)cc56)c4)cc3)c3ccc(-c4cc5oc6ccccc6c5cc4-c4ccccc4)cc3)cc2)cc1. The molecule has 0 unspecified atom stereocenters. The van der Waals surface area contributed by atoms with Crippen molar-refractivity contribution in [1.29, 1.82) is 0 Å². The van der Waals surface area contributed by atoms with Crippen LogP contribution in [0.15, 0.2) is 409 Å². The second kappa shape index (κ2) is 26.1. The third-order valence-corrected chi connectivity index (χ3v) is 21.3. The van der Waals surface area contributed by atoms with Gasteiger partial charge in [0.15, 0.2) is 0 Å². The molecule has 18 aromatic carbocycles. The van der Waals surface area contributed by atoms with Crippen molar-refractivity contribution in [1.82, 2.24) is 0 Å². The zero-order chi connectivity index (χ0) is 70.0. The van der Waals surface area contributed by atoms with Gasteiger partial charge in [-0.05, 0) is 219 Å². The van der Waals surface area contributed by atoms with E-state index in [1.54, 1.807) is 0 Å². The molecule has 4 heteroatoms. The van der Waals surface area contributed by atoms with E-state index in [1.165, 1.54) is 43.4 Å². The van der Waals surface area contributed by atoms with Gasteiger partial charge >= 0.3 is 0 Å². The molecular formula is C102H66N2O2. The van der Waals surface area contributed by atoms with E-state index in [-0.39, 0.29) is 0 Å². The molecule has 2 aromatic heterocycles. The van der Waals surface area contributed by atoms with Crippen LogP contribution in [-0.4, -0.2) is 0 Å². The number of nitrogens with zero attached hydrogens (tertiary/aromatic N) is 2. The van der Waals surface area contributed by atoms with Gasteiger partial charge in [0.05, 0.1) is 5.69 Å². The molecule has 0 spiro atoms. The predicted molar refractivity (Wildman–Crippen MR) is 446 cm³/mol. The van der Waals surface area contributed by atoms with Gasteiger partial charge in [0.1, 0.15) is 22.3 Å². The van der Waals surface area contributed by atoms with E-state index in [0.29, 0.717) is 0 Å². The number of hydrogen-bond donors (Lipinski definition) is 0. The quantitative estimate of drug-likeness (QED) is 0.102. The van der Waals surface area contributed by atoms with Gasteiger partial charge in [0.2, 0.25) is 0 Å². The van der Waals surface area contributed by atoms with Gasteiger partial charge in [-0.15, -0.1) is 0 Å². The Kier molecular flexibility index (Phi) is 15.2. The van der Waals surface area contributed by atoms with Gasteiger partial charge in [0.25, 0.3) is 0 Å². The molecule has 0 aliphatic rings. The molecule has 0 amide bonds. The molecule has 20 rings (SSSR count). The lowest BCUT2D eigenvalue weighted by Crippen LogP contribution is -2.11. The summed E-state index contributed by atoms with van der Waals surface area (Å²) < 4.78 is 13.7. The minimum Gasteiger partial charge on any atom is -0.456 e. The summed E-state index contributed by atoms with van der Waals surface area (Å²) in [5.74, 6) is 0. The average Bonchev–Trinajstić information content (AvgIpc) is 1.56. The van der Waals surface area contributed by atoms with Gasteiger partial charge in [-0.3, -0.25) is 0 Å². The highest BCUT2D eigenvalue weighted by Gasteiger charge is 2.24. The van der Waals surface area contributed by atoms with E-state index in [9.17, 15) is 0 Å². The van der Waals surface area contributed by atoms with Crippen molar-refractivity contribution in [2.45, 2.75) is 0 Å². The highest BCUT2D eigenvalue weighted by atomic mass is 16.3. The summed E-state index contributed by atoms with van der Waals surface area (Å²) in [5.41, 5.74) is 27.8. The van der Waals surface area contributed by atoms with Gasteiger partial charge in [-0.25, -0.2) is 0 Å². The van der Waals surface area contributed by atoms with Crippen LogP contribution in [0.3, 0.4) is 0 Å². The molecule has 0 aliphatic carbocycles. The van der Waals surface area contributed by atoms with Crippen molar-refractivity contribution in [3.63, 3.8) is 0 Å². The van der Waals surface area contributed by atoms with Crippen LogP contribution in [0, 0.1) is 0 Å². The van der Waals surface area contributed by atoms with Crippen LogP contribution in [0.25, 0.3) is 165 Å². The lowest BCUT2D eigenvalue weighted by atomic mass is 9.92. The molecule has 0 saturated carbocycles. The van der Waals surface area contributed by atoms with Crippen molar-refractivity contribution in [2.75, 3.05) is 9.80 Å². The number of furan rings is 2. The van der Waals surface area contributed by atoms with Crippen molar-refractivity contribution in [2.24, 2.45) is 0 Å². The highest BCUT2D eigenvalue weighted by molar-refractivity contribution is 6.26. The minimum atomic E-state index is 0.812. The molecule has 20 aromatic rings. The zero-order valence-electron chi connectivity index (χ0n) is 57.8. The lowest BCUT2D eigenvalue weighted by Gasteiger charge is -2.29. The monoisotopic (exact) mass is 1350 g/mol. The number of benzene rings is 18. The topological polar surface area (TPSA) is 32.8 Å². The number of hydrogen-bond acceptors (Lipinski definition) is 4. The Labute approximate surface area is 614 Å². The molecular weight excluding hydrogens is 1290 g/mol. The van der Waals surface area contributed by atoms with E-state index < -0.39 is 0 Å². The molecule has 2 heterocycles. The van der Waals surface area contributed by atoms with Gasteiger partial charge in [0, 0.05) is 61.6 Å². The Morgan fingerprint density at radius 2 is 0.472 bits per heavy atom. The van der Waals surface area contributed by atoms with Crippen LogP contribution in [-0.2, 0) is 0 Å². The smallest absolute Gasteiger partial charge is 0.137 e. The van der Waals surface area contributed by atoms with Gasteiger partial charge in [-0.2, -0.15) is 0 Å². The molecule has 496 valence electrons. The Morgan fingerprint density at radius 1 is 0.142 bits per heavy atom. The first-order valence-corrected chi connectivity index (χ1v) is 36.3. The lowest BCUT2D eigenvalue weighted by molar-refractivity contribution is 0.668. The normalized spacial score (nSPS) is 11.6. The van der Waals surface area contributed by atoms with E-state index in [1.807, 2.05) is 12.1 Å². The first-order valence-electron chi connectivity index (χ1n) is 36.3. The summed E-state index contributed by atoms with van der Waals surface area (Å²) >= 11 is 0. The van der Waals surface area contributed by atoms with Crippen LogP contribution >= 0.6 is 0 Å². The fourth-order valence-electron chi connectivity index (χ4n) is 16.1. The maximum absolute atomic E-state index is 7.15. The number of anilines is 6. The number of rotatable bonds is 14. The molecule has 0 bridgehead atoms. The van der Waals surface area contributed by atoms with Crippen LogP contribution < -0.4 is 9.80 Å². The van der Waals surface area contributed by atoms with Crippen molar-refractivity contribution < 1.29 is 8.83 Å². The van der Waals surface area contributed by atoms with Gasteiger partial charge in [-0.1, -0.05) is 291 Å². The molecule has 0 N–H and O–H groups in total. The molecule has 0 atom stereocenters. The molecule has 0 saturated heterocycles. The number of fused-ring (bicyclic) bond motifs is 12. The Balaban J connectivity index is 0.653. The van der Waals surface area contributed by atoms with E-state index in [0.717, 1.165) is 156 Å². The average molecular weight is 1350 g/mol. The van der Waals surface area contributed by atoms with E-state index in [2.05, 4.69) is 398 Å². The summed E-state index contributed by atoms with van der Waals surface area (Å²) in [6.45, 7) is 0. The third-order valence-electron chi connectivity index (χ3n) is 21.3. The Hall–Kier alpha value is -14.1. The maximum atomic E-state index is 7.15. The predicted octanol–water partition coefficient (Wildman–Crippen LogP) is 29.2. The maximum Gasteiger partial charge on any atom is 0.137 e. The highest BCUT2D eigenvalue weighted by Crippen LogP contribution is 2.49. The first-order chi connectivity index (χ1) is 52.5. The van der Waals surface area contributed by atoms with Crippen molar-refractivity contribution in [3.05, 3.63) is 400 Å². The molecule has 0 fully saturated rings. The summed E-state index contributed by atoms with van der Waals surface area (Å²) in [4.78, 5) is 4.78. The third kappa shape index (κ3) is 11.0. The summed E-state index contributed by atoms with van der Waals surface area (Å²) in [6, 6.07) is 145. The standard InChI is InChI=1S/C102H66N2O2/c1-5-22-67(23-6-1)69-40-49-78(50-41-69)103(80-55-46-74(47-56-80)93-65-101-96(90-38-19-20-39-99(90)105-101)63-92(93)71-26-9-3-10-27-71)79-53-44-73(45-54-79)83-32-13-14-33-84(83)77-31-21-30-75(60-77)76-48-58-91-97-64-94(72-28-11-4-12-29-72)98(66-102(97)106-100(91)61-76)104(81-51-42-70(43-52-81)68-24-7-2-8-25-68)82-57-59-89-87-36-16-15-34-85(87)86-35-17-18-37-88(86)95(89)62-82/h1-66H. The van der Waals surface area contributed by atoms with Crippen molar-refractivity contribution >= 4 is 110 Å². The second-order valence-electron chi connectivity index (χ2n) is 27.4. The fourth-order valence-corrected chi connectivity index (χ4v) is 16.1. The summed E-state index contributed by atoms with van der Waals surface area (Å²) in [7, 11) is 0. The zero-order valence-corrected chi connectivity index (χ0v) is 57.8. The van der Waals surface area contributed by atoms with Crippen LogP contribution in [0.5, 0.6) is 0 Å². The summed E-state index contributed by atoms with van der Waals surface area (Å²) in [6.07, 6.45) is 0. The van der Waals surface area contributed by atoms with Crippen LogP contribution in [0.2, 0.25) is 0 Å². The van der Waals surface area contributed by atoms with Gasteiger partial charge < -0.3 is 18.6 Å². The summed E-state index contributed by atoms with van der Waals surface area (Å²) in [5, 5.41) is 11.7. The fraction of sp³-hybridized carbons (Fsp3) is 0. The molecule has 106 heavy (non-hydrogen) atoms. The molecule has 0 aliphatic heterocycles. The van der Waals surface area contributed by atoms with Crippen LogP contribution in [0.1, 0.15) is 0 Å². The largest absolute Gasteiger partial charge is 0.456 e. The Bertz CT molecular complexity index is 6670. The first kappa shape index (κ1) is 61.8. The number of para-hydroxylation sites is 1. The minimum absolute atomic E-state index is 0.812. The molecule has 4 nitrogen and oxygen atoms in total. The van der Waals surface area contributed by atoms with Crippen molar-refractivity contribution in [3.8, 4) is 89.0 Å². The van der Waals surface area contributed by atoms with E-state index in [4.69, 9.17) is 8.83 Å². The Morgan fingerprint density at radius 3 is 1.05 bits per heavy atom.